The lowest BCUT2D eigenvalue weighted by Gasteiger charge is -2.01. The molecule has 1 aromatic heterocycles. The second-order valence-corrected chi connectivity index (χ2v) is 3.26. The van der Waals surface area contributed by atoms with Crippen LogP contribution >= 0.6 is 0 Å². The molecule has 2 rings (SSSR count). The van der Waals surface area contributed by atoms with E-state index in [4.69, 9.17) is 9.93 Å². The molecule has 0 bridgehead atoms. The predicted octanol–water partition coefficient (Wildman–Crippen LogP) is 2.07. The summed E-state index contributed by atoms with van der Waals surface area (Å²) in [6.45, 7) is 1.90. The average molecular weight is 188 g/mol. The third-order valence-electron chi connectivity index (χ3n) is 2.29. The molecular formula is C11H12N2O. The number of hydrogen-bond donors (Lipinski definition) is 1. The van der Waals surface area contributed by atoms with Crippen LogP contribution in [0.15, 0.2) is 34.9 Å². The Morgan fingerprint density at radius 3 is 2.36 bits per heavy atom. The number of hydrogen-bond acceptors (Lipinski definition) is 2. The molecule has 0 aliphatic heterocycles. The minimum absolute atomic E-state index is 0.228. The maximum atomic E-state index is 7.54. The van der Waals surface area contributed by atoms with Gasteiger partial charge in [-0.3, -0.25) is 5.41 Å². The second-order valence-electron chi connectivity index (χ2n) is 3.26. The molecule has 1 N–H and O–H groups in total. The molecular weight excluding hydrogens is 176 g/mol. The van der Waals surface area contributed by atoms with Gasteiger partial charge in [0.05, 0.1) is 5.69 Å². The highest BCUT2D eigenvalue weighted by Gasteiger charge is 2.09. The molecule has 1 aromatic carbocycles. The van der Waals surface area contributed by atoms with E-state index >= 15 is 0 Å². The van der Waals surface area contributed by atoms with E-state index in [2.05, 4.69) is 0 Å². The largest absolute Gasteiger partial charge is 0.360 e. The van der Waals surface area contributed by atoms with Crippen LogP contribution in [0.25, 0.3) is 11.3 Å². The topological polar surface area (TPSA) is 41.9 Å². The first kappa shape index (κ1) is 8.81. The molecule has 72 valence electrons. The van der Waals surface area contributed by atoms with Crippen LogP contribution in [0.4, 0.5) is 0 Å². The van der Waals surface area contributed by atoms with Crippen LogP contribution in [0.5, 0.6) is 0 Å². The molecule has 0 amide bonds. The van der Waals surface area contributed by atoms with Gasteiger partial charge in [-0.1, -0.05) is 30.3 Å². The van der Waals surface area contributed by atoms with Crippen LogP contribution in [-0.2, 0) is 7.05 Å². The van der Waals surface area contributed by atoms with Crippen molar-refractivity contribution < 1.29 is 4.52 Å². The van der Waals surface area contributed by atoms with Gasteiger partial charge < -0.3 is 4.52 Å². The zero-order valence-corrected chi connectivity index (χ0v) is 8.24. The first-order valence-corrected chi connectivity index (χ1v) is 4.47. The molecule has 0 aliphatic rings. The van der Waals surface area contributed by atoms with Crippen LogP contribution < -0.4 is 5.55 Å². The number of benzene rings is 1. The van der Waals surface area contributed by atoms with Crippen molar-refractivity contribution in [3.8, 4) is 11.3 Å². The highest BCUT2D eigenvalue weighted by Crippen LogP contribution is 2.20. The number of aromatic nitrogens is 1. The summed E-state index contributed by atoms with van der Waals surface area (Å²) in [5, 5.41) is 7.54. The maximum absolute atomic E-state index is 7.54. The standard InChI is InChI=1S/C11H12N2O/c1-8-10(13(2)14-11(8)12)9-6-4-3-5-7-9/h3-7,12H,1-2H3. The Morgan fingerprint density at radius 1 is 1.21 bits per heavy atom. The first-order chi connectivity index (χ1) is 6.70. The Morgan fingerprint density at radius 2 is 1.86 bits per heavy atom. The lowest BCUT2D eigenvalue weighted by atomic mass is 10.1. The highest BCUT2D eigenvalue weighted by atomic mass is 16.5. The Labute approximate surface area is 82.1 Å². The van der Waals surface area contributed by atoms with Crippen molar-refractivity contribution in [2.24, 2.45) is 7.05 Å². The van der Waals surface area contributed by atoms with Gasteiger partial charge in [0.15, 0.2) is 0 Å². The van der Waals surface area contributed by atoms with Gasteiger partial charge in [-0.2, -0.15) is 0 Å². The van der Waals surface area contributed by atoms with E-state index in [1.165, 1.54) is 0 Å². The summed E-state index contributed by atoms with van der Waals surface area (Å²) in [6.07, 6.45) is 0. The van der Waals surface area contributed by atoms with E-state index in [1.807, 2.05) is 44.3 Å². The zero-order chi connectivity index (χ0) is 10.1. The van der Waals surface area contributed by atoms with Crippen molar-refractivity contribution in [3.63, 3.8) is 0 Å². The molecule has 3 heteroatoms. The van der Waals surface area contributed by atoms with Crippen molar-refractivity contribution in [1.29, 1.82) is 5.41 Å². The van der Waals surface area contributed by atoms with Crippen LogP contribution in [0.1, 0.15) is 5.56 Å². The van der Waals surface area contributed by atoms with Gasteiger partial charge in [0, 0.05) is 18.2 Å². The van der Waals surface area contributed by atoms with Crippen LogP contribution in [0, 0.1) is 12.3 Å². The summed E-state index contributed by atoms with van der Waals surface area (Å²) in [7, 11) is 1.81. The molecule has 0 saturated heterocycles. The second kappa shape index (κ2) is 3.18. The summed E-state index contributed by atoms with van der Waals surface area (Å²) in [5.41, 5.74) is 3.15. The van der Waals surface area contributed by atoms with Crippen molar-refractivity contribution >= 4 is 0 Å². The molecule has 0 radical (unpaired) electrons. The minimum atomic E-state index is 0.228. The van der Waals surface area contributed by atoms with Gasteiger partial charge in [-0.25, -0.2) is 4.74 Å². The molecule has 3 nitrogen and oxygen atoms in total. The van der Waals surface area contributed by atoms with Crippen LogP contribution in [0.3, 0.4) is 0 Å². The van der Waals surface area contributed by atoms with E-state index in [-0.39, 0.29) is 5.55 Å². The van der Waals surface area contributed by atoms with E-state index in [0.717, 1.165) is 16.8 Å². The number of aryl methyl sites for hydroxylation is 1. The normalized spacial score (nSPS) is 10.4. The molecule has 14 heavy (non-hydrogen) atoms. The molecule has 1 heterocycles. The van der Waals surface area contributed by atoms with Crippen molar-refractivity contribution in [2.45, 2.75) is 6.92 Å². The first-order valence-electron chi connectivity index (χ1n) is 4.47. The Balaban J connectivity index is 2.69. The third-order valence-corrected chi connectivity index (χ3v) is 2.29. The summed E-state index contributed by atoms with van der Waals surface area (Å²) in [5.74, 6) is 0. The molecule has 0 fully saturated rings. The van der Waals surface area contributed by atoms with E-state index in [9.17, 15) is 0 Å². The molecule has 0 spiro atoms. The summed E-state index contributed by atoms with van der Waals surface area (Å²) < 4.78 is 6.81. The number of rotatable bonds is 1. The quantitative estimate of drug-likeness (QED) is 0.731. The van der Waals surface area contributed by atoms with Gasteiger partial charge in [0.2, 0.25) is 5.55 Å². The van der Waals surface area contributed by atoms with Gasteiger partial charge in [-0.05, 0) is 6.92 Å². The van der Waals surface area contributed by atoms with Crippen LogP contribution in [0.2, 0.25) is 0 Å². The van der Waals surface area contributed by atoms with Gasteiger partial charge in [0.1, 0.15) is 0 Å². The third kappa shape index (κ3) is 1.27. The van der Waals surface area contributed by atoms with Gasteiger partial charge >= 0.3 is 0 Å². The summed E-state index contributed by atoms with van der Waals surface area (Å²) >= 11 is 0. The van der Waals surface area contributed by atoms with E-state index in [0.29, 0.717) is 0 Å². The van der Waals surface area contributed by atoms with Crippen LogP contribution in [-0.4, -0.2) is 4.74 Å². The fraction of sp³-hybridized carbons (Fsp3) is 0.182. The Kier molecular flexibility index (Phi) is 2.00. The van der Waals surface area contributed by atoms with Crippen molar-refractivity contribution in [2.75, 3.05) is 0 Å². The highest BCUT2D eigenvalue weighted by molar-refractivity contribution is 5.61. The summed E-state index contributed by atoms with van der Waals surface area (Å²) in [6, 6.07) is 9.95. The zero-order valence-electron chi connectivity index (χ0n) is 8.24. The Hall–Kier alpha value is -1.77. The van der Waals surface area contributed by atoms with E-state index < -0.39 is 0 Å². The van der Waals surface area contributed by atoms with Gasteiger partial charge in [0.25, 0.3) is 0 Å². The summed E-state index contributed by atoms with van der Waals surface area (Å²) in [4.78, 5) is 0. The number of nitrogens with one attached hydrogen (secondary N) is 1. The molecule has 2 aromatic rings. The molecule has 0 saturated carbocycles. The predicted molar refractivity (Wildman–Crippen MR) is 53.7 cm³/mol. The van der Waals surface area contributed by atoms with Crippen molar-refractivity contribution in [1.82, 2.24) is 4.74 Å². The number of nitrogens with zero attached hydrogens (tertiary/aromatic N) is 1. The molecule has 0 aliphatic carbocycles. The fourth-order valence-corrected chi connectivity index (χ4v) is 1.59. The van der Waals surface area contributed by atoms with Gasteiger partial charge in [-0.15, -0.1) is 0 Å². The SMILES string of the molecule is Cc1c(-c2ccccc2)n(C)oc1=N. The lowest BCUT2D eigenvalue weighted by Crippen LogP contribution is -1.95. The maximum Gasteiger partial charge on any atom is 0.243 e. The average Bonchev–Trinajstić information content (AvgIpc) is 2.43. The lowest BCUT2D eigenvalue weighted by molar-refractivity contribution is 0.278. The van der Waals surface area contributed by atoms with Crippen molar-refractivity contribution in [3.05, 3.63) is 41.4 Å². The fourth-order valence-electron chi connectivity index (χ4n) is 1.59. The Bertz CT molecular complexity index is 494. The van der Waals surface area contributed by atoms with E-state index in [1.54, 1.807) is 4.74 Å². The monoisotopic (exact) mass is 188 g/mol. The smallest absolute Gasteiger partial charge is 0.243 e. The minimum Gasteiger partial charge on any atom is -0.360 e. The molecule has 0 unspecified atom stereocenters. The molecule has 0 atom stereocenters.